The van der Waals surface area contributed by atoms with Crippen LogP contribution in [-0.4, -0.2) is 24.4 Å². The smallest absolute Gasteiger partial charge is 0.252 e. The van der Waals surface area contributed by atoms with Gasteiger partial charge in [-0.2, -0.15) is 0 Å². The Morgan fingerprint density at radius 2 is 1.78 bits per heavy atom. The maximum Gasteiger partial charge on any atom is 0.252 e. The highest BCUT2D eigenvalue weighted by Gasteiger charge is 2.33. The first-order valence-corrected chi connectivity index (χ1v) is 8.02. The highest BCUT2D eigenvalue weighted by atomic mass is 16.2. The number of rotatable bonds is 1. The molecule has 2 aliphatic heterocycles. The molecular weight excluding hydrogens is 288 g/mol. The van der Waals surface area contributed by atoms with Crippen LogP contribution >= 0.6 is 0 Å². The molecule has 2 aromatic rings. The minimum atomic E-state index is -0.483. The molecule has 0 saturated carbocycles. The third-order valence-corrected chi connectivity index (χ3v) is 4.67. The Hall–Kier alpha value is -2.62. The second-order valence-electron chi connectivity index (χ2n) is 6.11. The summed E-state index contributed by atoms with van der Waals surface area (Å²) in [5, 5.41) is 2.87. The first-order valence-electron chi connectivity index (χ1n) is 8.02. The maximum atomic E-state index is 13.0. The van der Waals surface area contributed by atoms with Gasteiger partial charge in [0.05, 0.1) is 0 Å². The summed E-state index contributed by atoms with van der Waals surface area (Å²) in [6.07, 6.45) is 2.51. The van der Waals surface area contributed by atoms with Crippen LogP contribution in [0.5, 0.6) is 0 Å². The van der Waals surface area contributed by atoms with Crippen molar-refractivity contribution < 1.29 is 9.59 Å². The van der Waals surface area contributed by atoms with Crippen LogP contribution in [0.25, 0.3) is 0 Å². The third kappa shape index (κ3) is 2.40. The van der Waals surface area contributed by atoms with Crippen molar-refractivity contribution in [3.05, 3.63) is 65.2 Å². The molecule has 4 rings (SSSR count). The van der Waals surface area contributed by atoms with Crippen LogP contribution in [0, 0.1) is 0 Å². The van der Waals surface area contributed by atoms with Crippen molar-refractivity contribution >= 4 is 17.5 Å². The number of hydrogen-bond donors (Lipinski definition) is 1. The predicted molar refractivity (Wildman–Crippen MR) is 88.5 cm³/mol. The second-order valence-corrected chi connectivity index (χ2v) is 6.11. The lowest BCUT2D eigenvalue weighted by molar-refractivity contribution is -0.120. The number of hydrogen-bond acceptors (Lipinski definition) is 2. The van der Waals surface area contributed by atoms with E-state index in [0.717, 1.165) is 24.1 Å². The Bertz CT molecular complexity index is 784. The molecule has 1 atom stereocenters. The largest absolute Gasteiger partial charge is 0.340 e. The molecule has 0 radical (unpaired) electrons. The number of anilines is 1. The van der Waals surface area contributed by atoms with Crippen LogP contribution < -0.4 is 10.2 Å². The van der Waals surface area contributed by atoms with Crippen molar-refractivity contribution in [2.45, 2.75) is 25.3 Å². The molecule has 0 aliphatic carbocycles. The molecule has 2 heterocycles. The number of nitrogens with zero attached hydrogens (tertiary/aromatic N) is 1. The summed E-state index contributed by atoms with van der Waals surface area (Å²) in [6, 6.07) is 15.0. The van der Waals surface area contributed by atoms with Crippen LogP contribution in [0.15, 0.2) is 48.5 Å². The van der Waals surface area contributed by atoms with E-state index in [0.29, 0.717) is 18.5 Å². The monoisotopic (exact) mass is 306 g/mol. The second kappa shape index (κ2) is 5.54. The zero-order valence-electron chi connectivity index (χ0n) is 12.8. The standard InChI is InChI=1S/C19H18N2O2/c22-18-15-9-3-1-7-14(15)12-16(20-18)19(23)21-11-5-8-13-6-2-4-10-17(13)21/h1-4,6-7,9-10,16H,5,8,11-12H2,(H,20,22). The van der Waals surface area contributed by atoms with E-state index in [4.69, 9.17) is 0 Å². The number of carbonyl (C=O) groups excluding carboxylic acids is 2. The van der Waals surface area contributed by atoms with E-state index in [2.05, 4.69) is 11.4 Å². The molecule has 2 aliphatic rings. The fraction of sp³-hybridized carbons (Fsp3) is 0.263. The number of amides is 2. The van der Waals surface area contributed by atoms with Crippen LogP contribution in [0.1, 0.15) is 27.9 Å². The van der Waals surface area contributed by atoms with Crippen LogP contribution in [0.3, 0.4) is 0 Å². The number of para-hydroxylation sites is 1. The Balaban J connectivity index is 1.63. The minimum absolute atomic E-state index is 0.0139. The summed E-state index contributed by atoms with van der Waals surface area (Å²) in [4.78, 5) is 27.1. The zero-order chi connectivity index (χ0) is 15.8. The highest BCUT2D eigenvalue weighted by Crippen LogP contribution is 2.28. The molecule has 116 valence electrons. The van der Waals surface area contributed by atoms with Crippen LogP contribution in [0.4, 0.5) is 5.69 Å². The van der Waals surface area contributed by atoms with E-state index in [1.807, 2.05) is 47.4 Å². The lowest BCUT2D eigenvalue weighted by atomic mass is 9.93. The lowest BCUT2D eigenvalue weighted by Crippen LogP contribution is -2.53. The van der Waals surface area contributed by atoms with Gasteiger partial charge >= 0.3 is 0 Å². The van der Waals surface area contributed by atoms with Gasteiger partial charge < -0.3 is 10.2 Å². The fourth-order valence-corrected chi connectivity index (χ4v) is 3.53. The van der Waals surface area contributed by atoms with E-state index in [1.165, 1.54) is 5.56 Å². The number of aryl methyl sites for hydroxylation is 1. The van der Waals surface area contributed by atoms with E-state index in [1.54, 1.807) is 0 Å². The molecule has 2 aromatic carbocycles. The molecule has 0 fully saturated rings. The summed E-state index contributed by atoms with van der Waals surface area (Å²) >= 11 is 0. The Morgan fingerprint density at radius 3 is 2.65 bits per heavy atom. The van der Waals surface area contributed by atoms with Gasteiger partial charge in [0.25, 0.3) is 5.91 Å². The summed E-state index contributed by atoms with van der Waals surface area (Å²) in [6.45, 7) is 0.712. The fourth-order valence-electron chi connectivity index (χ4n) is 3.53. The van der Waals surface area contributed by atoms with Crippen molar-refractivity contribution in [3.8, 4) is 0 Å². The van der Waals surface area contributed by atoms with Crippen molar-refractivity contribution in [1.29, 1.82) is 0 Å². The molecule has 0 spiro atoms. The average Bonchev–Trinajstić information content (AvgIpc) is 2.60. The van der Waals surface area contributed by atoms with E-state index < -0.39 is 6.04 Å². The van der Waals surface area contributed by atoms with E-state index >= 15 is 0 Å². The van der Waals surface area contributed by atoms with Gasteiger partial charge in [0, 0.05) is 24.2 Å². The first-order chi connectivity index (χ1) is 11.2. The van der Waals surface area contributed by atoms with Crippen molar-refractivity contribution in [2.75, 3.05) is 11.4 Å². The normalized spacial score (nSPS) is 19.6. The molecular formula is C19H18N2O2. The summed E-state index contributed by atoms with van der Waals surface area (Å²) < 4.78 is 0. The maximum absolute atomic E-state index is 13.0. The third-order valence-electron chi connectivity index (χ3n) is 4.67. The average molecular weight is 306 g/mol. The van der Waals surface area contributed by atoms with Crippen molar-refractivity contribution in [1.82, 2.24) is 5.32 Å². The number of carbonyl (C=O) groups is 2. The Morgan fingerprint density at radius 1 is 1.04 bits per heavy atom. The van der Waals surface area contributed by atoms with Crippen LogP contribution in [-0.2, 0) is 17.6 Å². The van der Waals surface area contributed by atoms with Crippen LogP contribution in [0.2, 0.25) is 0 Å². The van der Waals surface area contributed by atoms with Gasteiger partial charge in [0.2, 0.25) is 5.91 Å². The van der Waals surface area contributed by atoms with Gasteiger partial charge in [0.1, 0.15) is 6.04 Å². The van der Waals surface area contributed by atoms with Gasteiger partial charge in [-0.3, -0.25) is 9.59 Å². The number of nitrogens with one attached hydrogen (secondary N) is 1. The molecule has 1 N–H and O–H groups in total. The zero-order valence-corrected chi connectivity index (χ0v) is 12.8. The summed E-state index contributed by atoms with van der Waals surface area (Å²) in [5.74, 6) is -0.171. The quantitative estimate of drug-likeness (QED) is 0.879. The molecule has 4 nitrogen and oxygen atoms in total. The minimum Gasteiger partial charge on any atom is -0.340 e. The van der Waals surface area contributed by atoms with Gasteiger partial charge in [0.15, 0.2) is 0 Å². The van der Waals surface area contributed by atoms with E-state index in [9.17, 15) is 9.59 Å². The van der Waals surface area contributed by atoms with Crippen molar-refractivity contribution in [2.24, 2.45) is 0 Å². The van der Waals surface area contributed by atoms with Gasteiger partial charge in [-0.1, -0.05) is 36.4 Å². The Labute approximate surface area is 135 Å². The number of fused-ring (bicyclic) bond motifs is 2. The van der Waals surface area contributed by atoms with Gasteiger partial charge in [-0.15, -0.1) is 0 Å². The molecule has 4 heteroatoms. The highest BCUT2D eigenvalue weighted by molar-refractivity contribution is 6.05. The van der Waals surface area contributed by atoms with E-state index in [-0.39, 0.29) is 11.8 Å². The Kier molecular flexibility index (Phi) is 3.37. The number of benzene rings is 2. The molecule has 2 amide bonds. The molecule has 1 unspecified atom stereocenters. The SMILES string of the molecule is O=C1NC(C(=O)N2CCCc3ccccc32)Cc2ccccc21. The van der Waals surface area contributed by atoms with Gasteiger partial charge in [-0.05, 0) is 36.1 Å². The van der Waals surface area contributed by atoms with Gasteiger partial charge in [-0.25, -0.2) is 0 Å². The summed E-state index contributed by atoms with van der Waals surface area (Å²) in [5.41, 5.74) is 3.81. The lowest BCUT2D eigenvalue weighted by Gasteiger charge is -2.34. The molecule has 0 bridgehead atoms. The van der Waals surface area contributed by atoms with Crippen molar-refractivity contribution in [3.63, 3.8) is 0 Å². The topological polar surface area (TPSA) is 49.4 Å². The first kappa shape index (κ1) is 14.0. The predicted octanol–water partition coefficient (Wildman–Crippen LogP) is 2.32. The summed E-state index contributed by atoms with van der Waals surface area (Å²) in [7, 11) is 0. The molecule has 0 saturated heterocycles. The molecule has 23 heavy (non-hydrogen) atoms. The molecule has 0 aromatic heterocycles.